The lowest BCUT2D eigenvalue weighted by atomic mass is 10.3. The maximum Gasteiger partial charge on any atom is 0.0432 e. The zero-order valence-corrected chi connectivity index (χ0v) is 8.79. The number of rotatable bonds is 5. The van der Waals surface area contributed by atoms with Crippen molar-refractivity contribution in [3.05, 3.63) is 22.4 Å². The predicted octanol–water partition coefficient (Wildman–Crippen LogP) is 2.51. The smallest absolute Gasteiger partial charge is 0.0432 e. The van der Waals surface area contributed by atoms with Crippen LogP contribution in [0.5, 0.6) is 0 Å². The Kier molecular flexibility index (Phi) is 4.66. The molecule has 1 N–H and O–H groups in total. The van der Waals surface area contributed by atoms with Crippen LogP contribution in [0.25, 0.3) is 0 Å². The third-order valence-electron chi connectivity index (χ3n) is 1.55. The zero-order valence-electron chi connectivity index (χ0n) is 7.22. The van der Waals surface area contributed by atoms with Gasteiger partial charge in [0, 0.05) is 23.3 Å². The van der Waals surface area contributed by atoms with Gasteiger partial charge in [-0.05, 0) is 24.8 Å². The summed E-state index contributed by atoms with van der Waals surface area (Å²) in [5.41, 5.74) is 0. The molecule has 0 aliphatic rings. The summed E-state index contributed by atoms with van der Waals surface area (Å²) in [5.74, 6) is 0. The third kappa shape index (κ3) is 4.10. The first-order chi connectivity index (χ1) is 5.79. The van der Waals surface area contributed by atoms with E-state index in [4.69, 9.17) is 11.6 Å². The molecule has 68 valence electrons. The van der Waals surface area contributed by atoms with E-state index in [1.54, 1.807) is 0 Å². The Bertz CT molecular complexity index is 196. The Hall–Kier alpha value is -0.0500. The lowest BCUT2D eigenvalue weighted by molar-refractivity contribution is 0.678. The highest BCUT2D eigenvalue weighted by molar-refractivity contribution is 7.09. The number of alkyl halides is 1. The van der Waals surface area contributed by atoms with Gasteiger partial charge in [-0.3, -0.25) is 0 Å². The van der Waals surface area contributed by atoms with E-state index in [-0.39, 0.29) is 5.38 Å². The molecule has 1 aromatic heterocycles. The van der Waals surface area contributed by atoms with Crippen molar-refractivity contribution in [2.75, 3.05) is 13.1 Å². The maximum absolute atomic E-state index is 5.78. The van der Waals surface area contributed by atoms with Crippen molar-refractivity contribution in [2.24, 2.45) is 0 Å². The summed E-state index contributed by atoms with van der Waals surface area (Å²) in [6.45, 7) is 3.92. The number of hydrogen-bond acceptors (Lipinski definition) is 2. The molecule has 0 saturated carbocycles. The second kappa shape index (κ2) is 5.57. The molecule has 1 unspecified atom stereocenters. The van der Waals surface area contributed by atoms with Crippen LogP contribution in [-0.4, -0.2) is 18.5 Å². The molecule has 0 aromatic carbocycles. The minimum absolute atomic E-state index is 0.230. The molecule has 0 bridgehead atoms. The SMILES string of the molecule is CC(Cl)CNCCc1cccs1. The van der Waals surface area contributed by atoms with E-state index in [0.717, 1.165) is 19.5 Å². The van der Waals surface area contributed by atoms with Crippen LogP contribution in [0.2, 0.25) is 0 Å². The van der Waals surface area contributed by atoms with Crippen molar-refractivity contribution in [3.8, 4) is 0 Å². The van der Waals surface area contributed by atoms with Crippen LogP contribution in [0.3, 0.4) is 0 Å². The van der Waals surface area contributed by atoms with Gasteiger partial charge in [-0.15, -0.1) is 22.9 Å². The molecule has 0 aliphatic carbocycles. The fourth-order valence-electron chi connectivity index (χ4n) is 0.967. The van der Waals surface area contributed by atoms with Gasteiger partial charge in [-0.1, -0.05) is 6.07 Å². The first kappa shape index (κ1) is 10.0. The summed E-state index contributed by atoms with van der Waals surface area (Å²) >= 11 is 7.59. The second-order valence-electron chi connectivity index (χ2n) is 2.81. The van der Waals surface area contributed by atoms with Crippen LogP contribution < -0.4 is 5.32 Å². The summed E-state index contributed by atoms with van der Waals surface area (Å²) in [6.07, 6.45) is 1.11. The van der Waals surface area contributed by atoms with Crippen LogP contribution >= 0.6 is 22.9 Å². The summed E-state index contributed by atoms with van der Waals surface area (Å²) in [7, 11) is 0. The van der Waals surface area contributed by atoms with Gasteiger partial charge < -0.3 is 5.32 Å². The Labute approximate surface area is 82.7 Å². The number of hydrogen-bond donors (Lipinski definition) is 1. The quantitative estimate of drug-likeness (QED) is 0.573. The molecule has 1 aromatic rings. The van der Waals surface area contributed by atoms with Crippen LogP contribution in [0.4, 0.5) is 0 Å². The van der Waals surface area contributed by atoms with Gasteiger partial charge in [0.25, 0.3) is 0 Å². The monoisotopic (exact) mass is 203 g/mol. The second-order valence-corrected chi connectivity index (χ2v) is 4.59. The van der Waals surface area contributed by atoms with Crippen molar-refractivity contribution < 1.29 is 0 Å². The molecule has 0 amide bonds. The molecular weight excluding hydrogens is 190 g/mol. The molecule has 0 aliphatic heterocycles. The molecule has 0 saturated heterocycles. The Morgan fingerprint density at radius 2 is 2.50 bits per heavy atom. The van der Waals surface area contributed by atoms with Crippen molar-refractivity contribution >= 4 is 22.9 Å². The standard InChI is InChI=1S/C9H14ClNS/c1-8(10)7-11-5-4-9-3-2-6-12-9/h2-3,6,8,11H,4-5,7H2,1H3. The van der Waals surface area contributed by atoms with Crippen molar-refractivity contribution in [1.29, 1.82) is 0 Å². The highest BCUT2D eigenvalue weighted by Crippen LogP contribution is 2.07. The lowest BCUT2D eigenvalue weighted by Gasteiger charge is -2.04. The first-order valence-corrected chi connectivity index (χ1v) is 5.48. The molecule has 0 fully saturated rings. The van der Waals surface area contributed by atoms with Crippen LogP contribution in [-0.2, 0) is 6.42 Å². The lowest BCUT2D eigenvalue weighted by Crippen LogP contribution is -2.23. The van der Waals surface area contributed by atoms with E-state index >= 15 is 0 Å². The summed E-state index contributed by atoms with van der Waals surface area (Å²) < 4.78 is 0. The van der Waals surface area contributed by atoms with Crippen LogP contribution in [0.1, 0.15) is 11.8 Å². The van der Waals surface area contributed by atoms with Gasteiger partial charge in [0.15, 0.2) is 0 Å². The number of nitrogens with one attached hydrogen (secondary N) is 1. The average Bonchev–Trinajstić information content (AvgIpc) is 2.49. The topological polar surface area (TPSA) is 12.0 Å². The molecule has 1 nitrogen and oxygen atoms in total. The third-order valence-corrected chi connectivity index (χ3v) is 2.64. The molecule has 1 atom stereocenters. The first-order valence-electron chi connectivity index (χ1n) is 4.16. The van der Waals surface area contributed by atoms with E-state index < -0.39 is 0 Å². The van der Waals surface area contributed by atoms with Gasteiger partial charge in [-0.2, -0.15) is 0 Å². The minimum Gasteiger partial charge on any atom is -0.315 e. The minimum atomic E-state index is 0.230. The van der Waals surface area contributed by atoms with Gasteiger partial charge in [0.2, 0.25) is 0 Å². The molecule has 0 spiro atoms. The predicted molar refractivity (Wildman–Crippen MR) is 56.2 cm³/mol. The summed E-state index contributed by atoms with van der Waals surface area (Å²) in [4.78, 5) is 1.43. The molecular formula is C9H14ClNS. The number of thiophene rings is 1. The summed E-state index contributed by atoms with van der Waals surface area (Å²) in [6, 6.07) is 4.25. The average molecular weight is 204 g/mol. The van der Waals surface area contributed by atoms with E-state index in [0.29, 0.717) is 0 Å². The van der Waals surface area contributed by atoms with E-state index in [9.17, 15) is 0 Å². The number of halogens is 1. The van der Waals surface area contributed by atoms with Gasteiger partial charge >= 0.3 is 0 Å². The fourth-order valence-corrected chi connectivity index (χ4v) is 1.79. The maximum atomic E-state index is 5.78. The normalized spacial score (nSPS) is 13.2. The van der Waals surface area contributed by atoms with Gasteiger partial charge in [-0.25, -0.2) is 0 Å². The fraction of sp³-hybridized carbons (Fsp3) is 0.556. The molecule has 3 heteroatoms. The van der Waals surface area contributed by atoms with Crippen LogP contribution in [0.15, 0.2) is 17.5 Å². The Balaban J connectivity index is 2.04. The highest BCUT2D eigenvalue weighted by Gasteiger charge is 1.95. The molecule has 12 heavy (non-hydrogen) atoms. The van der Waals surface area contributed by atoms with Crippen LogP contribution in [0, 0.1) is 0 Å². The molecule has 0 radical (unpaired) electrons. The summed E-state index contributed by atoms with van der Waals surface area (Å²) in [5, 5.41) is 5.64. The highest BCUT2D eigenvalue weighted by atomic mass is 35.5. The van der Waals surface area contributed by atoms with E-state index in [1.165, 1.54) is 4.88 Å². The van der Waals surface area contributed by atoms with Gasteiger partial charge in [0.1, 0.15) is 0 Å². The van der Waals surface area contributed by atoms with Crippen molar-refractivity contribution in [3.63, 3.8) is 0 Å². The van der Waals surface area contributed by atoms with Crippen molar-refractivity contribution in [1.82, 2.24) is 5.32 Å². The Morgan fingerprint density at radius 1 is 1.67 bits per heavy atom. The largest absolute Gasteiger partial charge is 0.315 e. The van der Waals surface area contributed by atoms with Crippen molar-refractivity contribution in [2.45, 2.75) is 18.7 Å². The van der Waals surface area contributed by atoms with E-state index in [1.807, 2.05) is 18.3 Å². The molecule has 1 heterocycles. The molecule has 1 rings (SSSR count). The van der Waals surface area contributed by atoms with Gasteiger partial charge in [0.05, 0.1) is 0 Å². The Morgan fingerprint density at radius 3 is 3.08 bits per heavy atom. The zero-order chi connectivity index (χ0) is 8.81. The van der Waals surface area contributed by atoms with E-state index in [2.05, 4.69) is 22.8 Å².